The lowest BCUT2D eigenvalue weighted by atomic mass is 9.95. The van der Waals surface area contributed by atoms with Crippen molar-refractivity contribution in [1.82, 2.24) is 19.5 Å². The number of alkyl halides is 3. The topological polar surface area (TPSA) is 80.9 Å². The number of fused-ring (bicyclic) bond motifs is 1. The fourth-order valence-corrected chi connectivity index (χ4v) is 3.77. The van der Waals surface area contributed by atoms with Crippen molar-refractivity contribution in [3.63, 3.8) is 0 Å². The molecule has 1 fully saturated rings. The maximum Gasteiger partial charge on any atom is 0.434 e. The van der Waals surface area contributed by atoms with Crippen LogP contribution in [0.5, 0.6) is 5.75 Å². The summed E-state index contributed by atoms with van der Waals surface area (Å²) < 4.78 is 41.7. The normalized spacial score (nSPS) is 15.8. The van der Waals surface area contributed by atoms with Crippen molar-refractivity contribution in [3.05, 3.63) is 46.6 Å². The molecule has 9 heteroatoms. The number of pyridine rings is 2. The van der Waals surface area contributed by atoms with Crippen molar-refractivity contribution in [1.29, 1.82) is 0 Å². The molecule has 0 bridgehead atoms. The Hall–Kier alpha value is -2.97. The number of hydrogen-bond donors (Lipinski definition) is 1. The molecule has 1 aliphatic rings. The number of halogens is 3. The minimum absolute atomic E-state index is 0.0671. The molecule has 6 nitrogen and oxygen atoms in total. The van der Waals surface area contributed by atoms with Gasteiger partial charge in [-0.3, -0.25) is 14.3 Å². The standard InChI is InChI=1S/C19H17F3N4O2/c20-19(21,22)16-14-12(8-10-24-16)25-17(15-13(27)7-4-9-23-15)26(18(14)28)11-5-2-1-3-6-11/h4,7-11,27H,1-3,5-6H2. The van der Waals surface area contributed by atoms with Crippen molar-refractivity contribution in [3.8, 4) is 17.3 Å². The van der Waals surface area contributed by atoms with E-state index in [-0.39, 0.29) is 28.8 Å². The van der Waals surface area contributed by atoms with E-state index in [4.69, 9.17) is 0 Å². The van der Waals surface area contributed by atoms with E-state index in [2.05, 4.69) is 15.0 Å². The van der Waals surface area contributed by atoms with E-state index in [1.54, 1.807) is 0 Å². The van der Waals surface area contributed by atoms with Crippen LogP contribution in [0.25, 0.3) is 22.4 Å². The summed E-state index contributed by atoms with van der Waals surface area (Å²) in [6.45, 7) is 0. The molecule has 0 radical (unpaired) electrons. The quantitative estimate of drug-likeness (QED) is 0.713. The van der Waals surface area contributed by atoms with Crippen molar-refractivity contribution in [2.75, 3.05) is 0 Å². The Kier molecular flexibility index (Phi) is 4.52. The summed E-state index contributed by atoms with van der Waals surface area (Å²) >= 11 is 0. The molecule has 1 N–H and O–H groups in total. The molecule has 0 spiro atoms. The summed E-state index contributed by atoms with van der Waals surface area (Å²) in [5.41, 5.74) is -2.11. The monoisotopic (exact) mass is 390 g/mol. The molecule has 3 aromatic rings. The molecule has 0 unspecified atom stereocenters. The molecule has 1 saturated carbocycles. The first-order valence-electron chi connectivity index (χ1n) is 9.00. The summed E-state index contributed by atoms with van der Waals surface area (Å²) in [4.78, 5) is 25.1. The van der Waals surface area contributed by atoms with Crippen molar-refractivity contribution in [2.24, 2.45) is 0 Å². The predicted molar refractivity (Wildman–Crippen MR) is 95.8 cm³/mol. The first kappa shape index (κ1) is 18.4. The van der Waals surface area contributed by atoms with E-state index in [0.29, 0.717) is 12.8 Å². The zero-order valence-electron chi connectivity index (χ0n) is 14.8. The summed E-state index contributed by atoms with van der Waals surface area (Å²) in [6.07, 6.45) is 1.66. The molecule has 3 aromatic heterocycles. The summed E-state index contributed by atoms with van der Waals surface area (Å²) in [6, 6.07) is 3.88. The van der Waals surface area contributed by atoms with E-state index in [9.17, 15) is 23.1 Å². The van der Waals surface area contributed by atoms with Gasteiger partial charge in [0.2, 0.25) is 0 Å². The van der Waals surface area contributed by atoms with Crippen LogP contribution >= 0.6 is 0 Å². The van der Waals surface area contributed by atoms with Crippen LogP contribution in [-0.2, 0) is 6.18 Å². The zero-order chi connectivity index (χ0) is 19.9. The number of rotatable bonds is 2. The fourth-order valence-electron chi connectivity index (χ4n) is 3.77. The SMILES string of the molecule is O=c1c2c(C(F)(F)F)nccc2nc(-c2ncccc2O)n1C1CCCCC1. The van der Waals surface area contributed by atoms with E-state index >= 15 is 0 Å². The Labute approximate surface area is 157 Å². The molecule has 0 amide bonds. The number of nitrogens with zero attached hydrogens (tertiary/aromatic N) is 4. The Balaban J connectivity index is 2.09. The lowest BCUT2D eigenvalue weighted by molar-refractivity contribution is -0.139. The Morgan fingerprint density at radius 1 is 1.07 bits per heavy atom. The molecule has 0 aliphatic heterocycles. The minimum Gasteiger partial charge on any atom is -0.506 e. The molecule has 0 saturated heterocycles. The van der Waals surface area contributed by atoms with E-state index < -0.39 is 22.8 Å². The third kappa shape index (κ3) is 3.10. The van der Waals surface area contributed by atoms with Gasteiger partial charge in [0.25, 0.3) is 5.56 Å². The lowest BCUT2D eigenvalue weighted by Gasteiger charge is -2.26. The van der Waals surface area contributed by atoms with Gasteiger partial charge in [0.15, 0.2) is 11.5 Å². The molecule has 146 valence electrons. The molecular weight excluding hydrogens is 373 g/mol. The smallest absolute Gasteiger partial charge is 0.434 e. The van der Waals surface area contributed by atoms with E-state index in [0.717, 1.165) is 25.5 Å². The maximum absolute atomic E-state index is 13.5. The summed E-state index contributed by atoms with van der Waals surface area (Å²) in [5.74, 6) is -0.120. The minimum atomic E-state index is -4.78. The molecule has 28 heavy (non-hydrogen) atoms. The molecule has 0 aromatic carbocycles. The highest BCUT2D eigenvalue weighted by Gasteiger charge is 2.37. The lowest BCUT2D eigenvalue weighted by Crippen LogP contribution is -2.31. The van der Waals surface area contributed by atoms with Gasteiger partial charge in [-0.15, -0.1) is 0 Å². The van der Waals surface area contributed by atoms with Crippen LogP contribution in [0.1, 0.15) is 43.8 Å². The van der Waals surface area contributed by atoms with Gasteiger partial charge in [0, 0.05) is 18.4 Å². The second kappa shape index (κ2) is 6.88. The average Bonchev–Trinajstić information content (AvgIpc) is 2.68. The number of hydrogen-bond acceptors (Lipinski definition) is 5. The zero-order valence-corrected chi connectivity index (χ0v) is 14.8. The highest BCUT2D eigenvalue weighted by atomic mass is 19.4. The maximum atomic E-state index is 13.5. The van der Waals surface area contributed by atoms with Crippen LogP contribution in [0.2, 0.25) is 0 Å². The van der Waals surface area contributed by atoms with Crippen LogP contribution in [-0.4, -0.2) is 24.6 Å². The second-order valence-electron chi connectivity index (χ2n) is 6.82. The number of aromatic hydroxyl groups is 1. The van der Waals surface area contributed by atoms with Crippen LogP contribution in [0.3, 0.4) is 0 Å². The third-order valence-electron chi connectivity index (χ3n) is 5.02. The van der Waals surface area contributed by atoms with Gasteiger partial charge in [-0.05, 0) is 31.0 Å². The highest BCUT2D eigenvalue weighted by Crippen LogP contribution is 2.35. The molecule has 1 aliphatic carbocycles. The third-order valence-corrected chi connectivity index (χ3v) is 5.02. The van der Waals surface area contributed by atoms with Crippen LogP contribution in [0.4, 0.5) is 13.2 Å². The number of aromatic nitrogens is 4. The van der Waals surface area contributed by atoms with Crippen molar-refractivity contribution in [2.45, 2.75) is 44.3 Å². The van der Waals surface area contributed by atoms with Gasteiger partial charge < -0.3 is 5.11 Å². The highest BCUT2D eigenvalue weighted by molar-refractivity contribution is 5.82. The molecular formula is C19H17F3N4O2. The van der Waals surface area contributed by atoms with Gasteiger partial charge in [0.05, 0.1) is 10.9 Å². The Morgan fingerprint density at radius 3 is 2.50 bits per heavy atom. The Morgan fingerprint density at radius 2 is 1.82 bits per heavy atom. The van der Waals surface area contributed by atoms with Crippen LogP contribution in [0.15, 0.2) is 35.4 Å². The Bertz CT molecular complexity index is 1090. The van der Waals surface area contributed by atoms with Gasteiger partial charge in [0.1, 0.15) is 11.4 Å². The first-order chi connectivity index (χ1) is 13.4. The van der Waals surface area contributed by atoms with Gasteiger partial charge in [-0.25, -0.2) is 9.97 Å². The molecule has 3 heterocycles. The van der Waals surface area contributed by atoms with Crippen LogP contribution < -0.4 is 5.56 Å². The average molecular weight is 390 g/mol. The largest absolute Gasteiger partial charge is 0.506 e. The molecule has 0 atom stereocenters. The van der Waals surface area contributed by atoms with Gasteiger partial charge in [-0.2, -0.15) is 13.2 Å². The van der Waals surface area contributed by atoms with Gasteiger partial charge >= 0.3 is 6.18 Å². The molecule has 4 rings (SSSR count). The summed E-state index contributed by atoms with van der Waals surface area (Å²) in [5, 5.41) is 9.67. The van der Waals surface area contributed by atoms with E-state index in [1.165, 1.54) is 29.0 Å². The fraction of sp³-hybridized carbons (Fsp3) is 0.368. The van der Waals surface area contributed by atoms with Crippen molar-refractivity contribution < 1.29 is 18.3 Å². The second-order valence-corrected chi connectivity index (χ2v) is 6.82. The summed E-state index contributed by atoms with van der Waals surface area (Å²) in [7, 11) is 0. The van der Waals surface area contributed by atoms with Crippen LogP contribution in [0, 0.1) is 0 Å². The van der Waals surface area contributed by atoms with Gasteiger partial charge in [-0.1, -0.05) is 19.3 Å². The van der Waals surface area contributed by atoms with Crippen molar-refractivity contribution >= 4 is 10.9 Å². The predicted octanol–water partition coefficient (Wildman–Crippen LogP) is 4.08. The first-order valence-corrected chi connectivity index (χ1v) is 9.00. The van der Waals surface area contributed by atoms with E-state index in [1.807, 2.05) is 0 Å².